The first-order valence-corrected chi connectivity index (χ1v) is 21.5. The van der Waals surface area contributed by atoms with Crippen LogP contribution in [0.1, 0.15) is 83.2 Å². The molecule has 4 unspecified atom stereocenters. The molecule has 6 aliphatic rings. The van der Waals surface area contributed by atoms with Crippen molar-refractivity contribution < 1.29 is 9.05 Å². The summed E-state index contributed by atoms with van der Waals surface area (Å²) in [6.07, 6.45) is 6.47. The van der Waals surface area contributed by atoms with Gasteiger partial charge in [-0.2, -0.15) is 20.5 Å². The van der Waals surface area contributed by atoms with Crippen molar-refractivity contribution in [2.45, 2.75) is 50.6 Å². The first kappa shape index (κ1) is 42.6. The zero-order valence-corrected chi connectivity index (χ0v) is 36.9. The van der Waals surface area contributed by atoms with Gasteiger partial charge >= 0.3 is 0 Å². The topological polar surface area (TPSA) is 235 Å². The van der Waals surface area contributed by atoms with Gasteiger partial charge in [-0.15, -0.1) is 12.4 Å². The van der Waals surface area contributed by atoms with Crippen molar-refractivity contribution in [2.24, 2.45) is 33.7 Å². The third kappa shape index (κ3) is 8.18. The van der Waals surface area contributed by atoms with Crippen LogP contribution >= 0.6 is 28.3 Å². The number of anilines is 1. The SMILES string of the molecule is CC1C=Nc2ncn(Cc3nc(C4[C@H]5CN(c6ccc(C#N)cc6)C[C@@H]45)no3)c(=O)c21.CC1C=Nc2ncn(Cc3nc(C4[C@H]5CNC[C@@H]45)no3)c(=O)c21.Cl.N#Cc1ccc(Br)cc1. The van der Waals surface area contributed by atoms with Crippen LogP contribution in [0.25, 0.3) is 0 Å². The minimum Gasteiger partial charge on any atom is -0.371 e. The van der Waals surface area contributed by atoms with Crippen LogP contribution in [0.4, 0.5) is 17.3 Å². The van der Waals surface area contributed by atoms with Crippen LogP contribution in [0, 0.1) is 46.3 Å². The van der Waals surface area contributed by atoms with Crippen LogP contribution in [-0.2, 0) is 13.1 Å². The molecule has 0 spiro atoms. The zero-order valence-electron chi connectivity index (χ0n) is 34.5. The van der Waals surface area contributed by atoms with Gasteiger partial charge in [0.25, 0.3) is 11.1 Å². The number of nitrogens with zero attached hydrogens (tertiary/aromatic N) is 13. The van der Waals surface area contributed by atoms with E-state index in [-0.39, 0.29) is 48.5 Å². The van der Waals surface area contributed by atoms with E-state index in [0.29, 0.717) is 81.2 Å². The first-order chi connectivity index (χ1) is 30.7. The molecule has 0 bridgehead atoms. The zero-order chi connectivity index (χ0) is 43.4. The lowest BCUT2D eigenvalue weighted by molar-refractivity contribution is 0.363. The maximum atomic E-state index is 12.7. The normalized spacial score (nSPS) is 24.4. The Balaban J connectivity index is 0.000000138. The highest BCUT2D eigenvalue weighted by Gasteiger charge is 2.59. The van der Waals surface area contributed by atoms with Crippen LogP contribution < -0.4 is 21.3 Å². The number of aromatic nitrogens is 8. The maximum Gasteiger partial charge on any atom is 0.259 e. The van der Waals surface area contributed by atoms with Gasteiger partial charge in [0.2, 0.25) is 11.8 Å². The van der Waals surface area contributed by atoms with E-state index in [1.165, 1.54) is 21.8 Å². The lowest BCUT2D eigenvalue weighted by atomic mass is 10.1. The molecular formula is C44H40BrClN14O4. The van der Waals surface area contributed by atoms with E-state index < -0.39 is 0 Å². The standard InChI is InChI=1S/C22H19N7O2.C15H16N6O2.C7H4BrN.ClH/c1-12-7-24-20-18(12)22(30)29(11-25-20)10-17-26-21(27-31-17)19-15-8-28(9-16(15)19)14-4-2-13(6-23)3-5-14;1-7-2-17-13-11(7)15(22)21(6-18-13)5-10-19-14(20-23-10)12-8-3-16-4-9(8)12;8-7-3-1-6(5-9)2-4-7;/h2-5,7,11-12,15-16,19H,8-10H2,1H3;2,6-9,12,16H,3-5H2,1H3;1-4H;1H/t12?,15-,16+,19?;7?,8-,9+,12?;;. The summed E-state index contributed by atoms with van der Waals surface area (Å²) in [6.45, 7) is 8.27. The molecule has 4 aliphatic heterocycles. The van der Waals surface area contributed by atoms with Crippen molar-refractivity contribution in [3.63, 3.8) is 0 Å². The van der Waals surface area contributed by atoms with Gasteiger partial charge in [-0.25, -0.2) is 20.0 Å². The molecule has 6 aromatic rings. The van der Waals surface area contributed by atoms with Crippen molar-refractivity contribution >= 4 is 58.1 Å². The summed E-state index contributed by atoms with van der Waals surface area (Å²) < 4.78 is 14.8. The predicted octanol–water partition coefficient (Wildman–Crippen LogP) is 5.38. The second kappa shape index (κ2) is 17.5. The van der Waals surface area contributed by atoms with E-state index in [0.717, 1.165) is 48.0 Å². The molecule has 64 heavy (non-hydrogen) atoms. The molecule has 4 aromatic heterocycles. The Morgan fingerprint density at radius 1 is 0.703 bits per heavy atom. The van der Waals surface area contributed by atoms with Gasteiger partial charge in [-0.1, -0.05) is 40.1 Å². The number of nitriles is 2. The summed E-state index contributed by atoms with van der Waals surface area (Å²) in [6, 6.07) is 19.1. The number of fused-ring (bicyclic) bond motifs is 4. The number of hydrogen-bond acceptors (Lipinski definition) is 16. The summed E-state index contributed by atoms with van der Waals surface area (Å²) in [5, 5.41) is 29.0. The van der Waals surface area contributed by atoms with E-state index in [4.69, 9.17) is 19.6 Å². The molecule has 1 N–H and O–H groups in total. The van der Waals surface area contributed by atoms with Gasteiger partial charge in [0.05, 0.1) is 34.4 Å². The highest BCUT2D eigenvalue weighted by atomic mass is 79.9. The Bertz CT molecular complexity index is 2960. The number of hydrogen-bond donors (Lipinski definition) is 1. The van der Waals surface area contributed by atoms with Crippen molar-refractivity contribution in [1.29, 1.82) is 10.5 Å². The van der Waals surface area contributed by atoms with E-state index >= 15 is 0 Å². The number of piperidine rings is 2. The van der Waals surface area contributed by atoms with Crippen molar-refractivity contribution in [3.05, 3.63) is 132 Å². The van der Waals surface area contributed by atoms with Gasteiger partial charge in [-0.05, 0) is 85.3 Å². The minimum absolute atomic E-state index is 0. The van der Waals surface area contributed by atoms with Crippen LogP contribution in [0.5, 0.6) is 0 Å². The summed E-state index contributed by atoms with van der Waals surface area (Å²) in [5.74, 6) is 6.34. The molecule has 2 aromatic carbocycles. The molecule has 324 valence electrons. The van der Waals surface area contributed by atoms with Gasteiger partial charge in [-0.3, -0.25) is 18.7 Å². The molecule has 8 atom stereocenters. The largest absolute Gasteiger partial charge is 0.371 e. The van der Waals surface area contributed by atoms with Gasteiger partial charge < -0.3 is 19.3 Å². The van der Waals surface area contributed by atoms with Crippen molar-refractivity contribution in [2.75, 3.05) is 31.1 Å². The van der Waals surface area contributed by atoms with E-state index in [9.17, 15) is 9.59 Å². The Hall–Kier alpha value is -6.67. The Morgan fingerprint density at radius 2 is 1.16 bits per heavy atom. The van der Waals surface area contributed by atoms with Crippen LogP contribution in [-0.4, -0.2) is 78.0 Å². The molecule has 2 aliphatic carbocycles. The summed E-state index contributed by atoms with van der Waals surface area (Å²) in [4.78, 5) is 53.5. The summed E-state index contributed by atoms with van der Waals surface area (Å²) in [7, 11) is 0. The number of rotatable bonds is 7. The quantitative estimate of drug-likeness (QED) is 0.212. The van der Waals surface area contributed by atoms with E-state index in [2.05, 4.69) is 72.4 Å². The first-order valence-electron chi connectivity index (χ1n) is 20.7. The Kier molecular flexibility index (Phi) is 11.6. The second-order valence-corrected chi connectivity index (χ2v) is 17.5. The number of aliphatic imine (C=N–C) groups is 2. The Morgan fingerprint density at radius 3 is 1.62 bits per heavy atom. The average Bonchev–Trinajstić information content (AvgIpc) is 3.86. The molecular weight excluding hydrogens is 904 g/mol. The molecule has 20 heteroatoms. The lowest BCUT2D eigenvalue weighted by Crippen LogP contribution is -2.25. The molecule has 2 saturated heterocycles. The molecule has 8 heterocycles. The lowest BCUT2D eigenvalue weighted by Gasteiger charge is -2.21. The molecule has 0 radical (unpaired) electrons. The van der Waals surface area contributed by atoms with E-state index in [1.54, 1.807) is 24.6 Å². The molecule has 18 nitrogen and oxygen atoms in total. The minimum atomic E-state index is -0.115. The number of benzene rings is 2. The fourth-order valence-corrected chi connectivity index (χ4v) is 9.42. The number of halogens is 2. The van der Waals surface area contributed by atoms with Crippen LogP contribution in [0.15, 0.2) is 94.3 Å². The fourth-order valence-electron chi connectivity index (χ4n) is 9.15. The monoisotopic (exact) mass is 942 g/mol. The van der Waals surface area contributed by atoms with Crippen LogP contribution in [0.3, 0.4) is 0 Å². The van der Waals surface area contributed by atoms with E-state index in [1.807, 2.05) is 56.3 Å². The van der Waals surface area contributed by atoms with Crippen molar-refractivity contribution in [3.8, 4) is 12.1 Å². The van der Waals surface area contributed by atoms with Gasteiger partial charge in [0, 0.05) is 59.4 Å². The predicted molar refractivity (Wildman–Crippen MR) is 239 cm³/mol. The average molecular weight is 944 g/mol. The van der Waals surface area contributed by atoms with Crippen LogP contribution in [0.2, 0.25) is 0 Å². The molecule has 4 fully saturated rings. The Labute approximate surface area is 380 Å². The molecule has 0 amide bonds. The third-order valence-corrected chi connectivity index (χ3v) is 13.2. The number of nitrogens with one attached hydrogen (secondary N) is 1. The summed E-state index contributed by atoms with van der Waals surface area (Å²) in [5.41, 5.74) is 3.55. The highest BCUT2D eigenvalue weighted by molar-refractivity contribution is 9.10. The highest BCUT2D eigenvalue weighted by Crippen LogP contribution is 2.58. The van der Waals surface area contributed by atoms with Gasteiger partial charge in [0.1, 0.15) is 25.7 Å². The molecule has 2 saturated carbocycles. The van der Waals surface area contributed by atoms with Crippen molar-refractivity contribution in [1.82, 2.24) is 44.7 Å². The second-order valence-electron chi connectivity index (χ2n) is 16.6. The van der Waals surface area contributed by atoms with Gasteiger partial charge in [0.15, 0.2) is 23.3 Å². The third-order valence-electron chi connectivity index (χ3n) is 12.7. The maximum absolute atomic E-state index is 12.7. The smallest absolute Gasteiger partial charge is 0.259 e. The fraction of sp³-hybridized carbons (Fsp3) is 0.364. The summed E-state index contributed by atoms with van der Waals surface area (Å²) >= 11 is 3.27. The molecule has 12 rings (SSSR count).